The second-order valence-electron chi connectivity index (χ2n) is 3.38. The minimum absolute atomic E-state index is 0.760. The molecular formula is C9H18N4. The van der Waals surface area contributed by atoms with E-state index in [0.717, 1.165) is 25.6 Å². The molecule has 1 atom stereocenters. The van der Waals surface area contributed by atoms with Crippen molar-refractivity contribution in [2.24, 2.45) is 5.92 Å². The van der Waals surface area contributed by atoms with Crippen LogP contribution in [0.2, 0.25) is 0 Å². The van der Waals surface area contributed by atoms with Crippen molar-refractivity contribution < 1.29 is 0 Å². The first kappa shape index (κ1) is 10.2. The number of nitrogens with one attached hydrogen (secondary N) is 1. The SMILES string of the molecule is CCC(C)CNCCn1cncn1. The third kappa shape index (κ3) is 4.03. The lowest BCUT2D eigenvalue weighted by Crippen LogP contribution is -2.25. The molecule has 1 aromatic rings. The Bertz CT molecular complexity index is 207. The van der Waals surface area contributed by atoms with E-state index in [1.54, 1.807) is 12.7 Å². The lowest BCUT2D eigenvalue weighted by atomic mass is 10.1. The predicted molar refractivity (Wildman–Crippen MR) is 52.3 cm³/mol. The zero-order chi connectivity index (χ0) is 9.52. The summed E-state index contributed by atoms with van der Waals surface area (Å²) in [5.74, 6) is 0.760. The van der Waals surface area contributed by atoms with Crippen LogP contribution in [0, 0.1) is 5.92 Å². The van der Waals surface area contributed by atoms with Crippen LogP contribution < -0.4 is 5.32 Å². The van der Waals surface area contributed by atoms with Gasteiger partial charge in [-0.2, -0.15) is 5.10 Å². The highest BCUT2D eigenvalue weighted by atomic mass is 15.3. The molecule has 13 heavy (non-hydrogen) atoms. The maximum Gasteiger partial charge on any atom is 0.137 e. The second kappa shape index (κ2) is 5.70. The highest BCUT2D eigenvalue weighted by Gasteiger charge is 1.97. The molecule has 0 spiro atoms. The molecule has 0 aromatic carbocycles. The third-order valence-electron chi connectivity index (χ3n) is 2.17. The van der Waals surface area contributed by atoms with Crippen molar-refractivity contribution in [3.8, 4) is 0 Å². The lowest BCUT2D eigenvalue weighted by Gasteiger charge is -2.09. The standard InChI is InChI=1S/C9H18N4/c1-3-9(2)6-10-4-5-13-8-11-7-12-13/h7-10H,3-6H2,1-2H3. The topological polar surface area (TPSA) is 42.7 Å². The fraction of sp³-hybridized carbons (Fsp3) is 0.778. The Labute approximate surface area is 79.4 Å². The van der Waals surface area contributed by atoms with Crippen LogP contribution in [0.25, 0.3) is 0 Å². The Morgan fingerprint density at radius 1 is 1.54 bits per heavy atom. The Balaban J connectivity index is 2.02. The molecule has 4 heteroatoms. The molecule has 1 aromatic heterocycles. The van der Waals surface area contributed by atoms with Crippen LogP contribution in [0.4, 0.5) is 0 Å². The molecule has 4 nitrogen and oxygen atoms in total. The Morgan fingerprint density at radius 2 is 2.38 bits per heavy atom. The molecule has 0 aliphatic carbocycles. The number of nitrogens with zero attached hydrogens (tertiary/aromatic N) is 3. The molecule has 0 amide bonds. The first-order valence-electron chi connectivity index (χ1n) is 4.86. The van der Waals surface area contributed by atoms with Gasteiger partial charge in [0.1, 0.15) is 12.7 Å². The van der Waals surface area contributed by atoms with Crippen molar-refractivity contribution in [2.45, 2.75) is 26.8 Å². The first-order chi connectivity index (χ1) is 6.33. The summed E-state index contributed by atoms with van der Waals surface area (Å²) < 4.78 is 1.84. The molecule has 0 saturated carbocycles. The van der Waals surface area contributed by atoms with E-state index in [1.165, 1.54) is 6.42 Å². The van der Waals surface area contributed by atoms with Gasteiger partial charge in [0.2, 0.25) is 0 Å². The molecule has 0 aliphatic heterocycles. The van der Waals surface area contributed by atoms with Crippen LogP contribution in [0.1, 0.15) is 20.3 Å². The number of hydrogen-bond acceptors (Lipinski definition) is 3. The van der Waals surface area contributed by atoms with Gasteiger partial charge in [0.25, 0.3) is 0 Å². The minimum Gasteiger partial charge on any atom is -0.315 e. The Kier molecular flexibility index (Phi) is 4.46. The highest BCUT2D eigenvalue weighted by molar-refractivity contribution is 4.58. The summed E-state index contributed by atoms with van der Waals surface area (Å²) in [5.41, 5.74) is 0. The van der Waals surface area contributed by atoms with Gasteiger partial charge in [0.05, 0.1) is 6.54 Å². The average molecular weight is 182 g/mol. The highest BCUT2D eigenvalue weighted by Crippen LogP contribution is 1.96. The average Bonchev–Trinajstić information content (AvgIpc) is 2.64. The molecule has 1 rings (SSSR count). The summed E-state index contributed by atoms with van der Waals surface area (Å²) in [6.45, 7) is 7.42. The van der Waals surface area contributed by atoms with Gasteiger partial charge in [-0.05, 0) is 12.5 Å². The number of hydrogen-bond donors (Lipinski definition) is 1. The molecule has 1 unspecified atom stereocenters. The lowest BCUT2D eigenvalue weighted by molar-refractivity contribution is 0.475. The van der Waals surface area contributed by atoms with Crippen LogP contribution >= 0.6 is 0 Å². The van der Waals surface area contributed by atoms with E-state index in [0.29, 0.717) is 0 Å². The van der Waals surface area contributed by atoms with Crippen molar-refractivity contribution in [2.75, 3.05) is 13.1 Å². The van der Waals surface area contributed by atoms with E-state index >= 15 is 0 Å². The molecule has 0 bridgehead atoms. The molecule has 1 heterocycles. The summed E-state index contributed by atoms with van der Waals surface area (Å²) >= 11 is 0. The van der Waals surface area contributed by atoms with Crippen molar-refractivity contribution >= 4 is 0 Å². The van der Waals surface area contributed by atoms with E-state index in [1.807, 2.05) is 4.68 Å². The predicted octanol–water partition coefficient (Wildman–Crippen LogP) is 0.914. The quantitative estimate of drug-likeness (QED) is 0.665. The van der Waals surface area contributed by atoms with Gasteiger partial charge in [-0.15, -0.1) is 0 Å². The van der Waals surface area contributed by atoms with E-state index in [-0.39, 0.29) is 0 Å². The van der Waals surface area contributed by atoms with Crippen molar-refractivity contribution in [1.82, 2.24) is 20.1 Å². The normalized spacial score (nSPS) is 13.1. The summed E-state index contributed by atoms with van der Waals surface area (Å²) in [5, 5.41) is 7.40. The summed E-state index contributed by atoms with van der Waals surface area (Å²) in [6.07, 6.45) is 4.54. The van der Waals surface area contributed by atoms with Crippen LogP contribution in [-0.4, -0.2) is 27.9 Å². The maximum absolute atomic E-state index is 4.02. The van der Waals surface area contributed by atoms with Crippen LogP contribution in [0.5, 0.6) is 0 Å². The van der Waals surface area contributed by atoms with E-state index in [9.17, 15) is 0 Å². The van der Waals surface area contributed by atoms with Gasteiger partial charge in [0.15, 0.2) is 0 Å². The fourth-order valence-electron chi connectivity index (χ4n) is 1.03. The van der Waals surface area contributed by atoms with Gasteiger partial charge in [-0.1, -0.05) is 20.3 Å². The smallest absolute Gasteiger partial charge is 0.137 e. The molecule has 0 saturated heterocycles. The van der Waals surface area contributed by atoms with Crippen LogP contribution in [0.15, 0.2) is 12.7 Å². The second-order valence-corrected chi connectivity index (χ2v) is 3.38. The summed E-state index contributed by atoms with van der Waals surface area (Å²) in [7, 11) is 0. The molecule has 1 N–H and O–H groups in total. The molecule has 0 radical (unpaired) electrons. The molecular weight excluding hydrogens is 164 g/mol. The van der Waals surface area contributed by atoms with Crippen molar-refractivity contribution in [1.29, 1.82) is 0 Å². The van der Waals surface area contributed by atoms with Crippen LogP contribution in [-0.2, 0) is 6.54 Å². The zero-order valence-electron chi connectivity index (χ0n) is 8.40. The monoisotopic (exact) mass is 182 g/mol. The van der Waals surface area contributed by atoms with E-state index < -0.39 is 0 Å². The largest absolute Gasteiger partial charge is 0.315 e. The van der Waals surface area contributed by atoms with E-state index in [4.69, 9.17) is 0 Å². The Hall–Kier alpha value is -0.900. The first-order valence-corrected chi connectivity index (χ1v) is 4.86. The van der Waals surface area contributed by atoms with Gasteiger partial charge in [-0.25, -0.2) is 4.98 Å². The third-order valence-corrected chi connectivity index (χ3v) is 2.17. The molecule has 0 fully saturated rings. The van der Waals surface area contributed by atoms with Gasteiger partial charge in [0, 0.05) is 6.54 Å². The van der Waals surface area contributed by atoms with Crippen LogP contribution in [0.3, 0.4) is 0 Å². The number of aromatic nitrogens is 3. The van der Waals surface area contributed by atoms with Gasteiger partial charge in [-0.3, -0.25) is 4.68 Å². The van der Waals surface area contributed by atoms with Crippen molar-refractivity contribution in [3.05, 3.63) is 12.7 Å². The van der Waals surface area contributed by atoms with Crippen molar-refractivity contribution in [3.63, 3.8) is 0 Å². The molecule has 0 aliphatic rings. The number of rotatable bonds is 6. The van der Waals surface area contributed by atoms with Gasteiger partial charge < -0.3 is 5.32 Å². The minimum atomic E-state index is 0.760. The molecule has 74 valence electrons. The maximum atomic E-state index is 4.02. The van der Waals surface area contributed by atoms with E-state index in [2.05, 4.69) is 29.2 Å². The zero-order valence-corrected chi connectivity index (χ0v) is 8.40. The van der Waals surface area contributed by atoms with Gasteiger partial charge >= 0.3 is 0 Å². The Morgan fingerprint density at radius 3 is 3.00 bits per heavy atom. The summed E-state index contributed by atoms with van der Waals surface area (Å²) in [6, 6.07) is 0. The fourth-order valence-corrected chi connectivity index (χ4v) is 1.03. The summed E-state index contributed by atoms with van der Waals surface area (Å²) in [4.78, 5) is 3.88.